The van der Waals surface area contributed by atoms with Gasteiger partial charge in [0.2, 0.25) is 5.91 Å². The summed E-state index contributed by atoms with van der Waals surface area (Å²) in [5.41, 5.74) is 0. The van der Waals surface area contributed by atoms with Crippen molar-refractivity contribution in [2.45, 2.75) is 12.8 Å². The maximum atomic E-state index is 12.3. The van der Waals surface area contributed by atoms with Crippen LogP contribution < -0.4 is 0 Å². The number of aliphatic hydroxyl groups is 1. The van der Waals surface area contributed by atoms with Crippen molar-refractivity contribution in [3.63, 3.8) is 0 Å². The normalized spacial score (nSPS) is 34.0. The van der Waals surface area contributed by atoms with E-state index in [0.717, 1.165) is 12.7 Å². The fraction of sp³-hybridized carbons (Fsp3) is 0.692. The molecule has 0 spiro atoms. The lowest BCUT2D eigenvalue weighted by atomic mass is 9.80. The minimum absolute atomic E-state index is 0.0166. The lowest BCUT2D eigenvalue weighted by Crippen LogP contribution is -2.40. The average molecular weight is 237 g/mol. The molecular formula is C13H19NO3. The van der Waals surface area contributed by atoms with E-state index in [2.05, 4.69) is 12.2 Å². The fourth-order valence-electron chi connectivity index (χ4n) is 3.24. The van der Waals surface area contributed by atoms with Crippen LogP contribution >= 0.6 is 0 Å². The van der Waals surface area contributed by atoms with E-state index in [9.17, 15) is 9.59 Å². The molecule has 2 aliphatic rings. The molecule has 4 nitrogen and oxygen atoms in total. The summed E-state index contributed by atoms with van der Waals surface area (Å²) in [4.78, 5) is 24.6. The largest absolute Gasteiger partial charge is 0.395 e. The average Bonchev–Trinajstić information content (AvgIpc) is 2.89. The molecule has 1 saturated carbocycles. The van der Waals surface area contributed by atoms with Crippen molar-refractivity contribution < 1.29 is 14.7 Å². The van der Waals surface area contributed by atoms with Crippen molar-refractivity contribution in [3.8, 4) is 0 Å². The minimum atomic E-state index is -0.0632. The second-order valence-electron chi connectivity index (χ2n) is 5.02. The number of likely N-dealkylation sites (N-methyl/N-ethyl adjacent to an activating group) is 1. The van der Waals surface area contributed by atoms with Gasteiger partial charge in [-0.15, -0.1) is 0 Å². The van der Waals surface area contributed by atoms with Crippen molar-refractivity contribution >= 4 is 12.2 Å². The van der Waals surface area contributed by atoms with Gasteiger partial charge in [-0.1, -0.05) is 12.2 Å². The summed E-state index contributed by atoms with van der Waals surface area (Å²) >= 11 is 0. The Balaban J connectivity index is 2.10. The van der Waals surface area contributed by atoms with Gasteiger partial charge in [-0.3, -0.25) is 4.79 Å². The highest BCUT2D eigenvalue weighted by molar-refractivity contribution is 5.80. The molecule has 2 rings (SSSR count). The number of carbonyl (C=O) groups is 2. The Kier molecular flexibility index (Phi) is 3.62. The molecule has 0 saturated heterocycles. The van der Waals surface area contributed by atoms with Gasteiger partial charge in [0, 0.05) is 25.9 Å². The smallest absolute Gasteiger partial charge is 0.226 e. The lowest BCUT2D eigenvalue weighted by molar-refractivity contribution is -0.137. The predicted molar refractivity (Wildman–Crippen MR) is 63.1 cm³/mol. The van der Waals surface area contributed by atoms with Gasteiger partial charge in [0.15, 0.2) is 0 Å². The van der Waals surface area contributed by atoms with Crippen LogP contribution in [0.1, 0.15) is 12.8 Å². The Morgan fingerprint density at radius 2 is 2.18 bits per heavy atom. The summed E-state index contributed by atoms with van der Waals surface area (Å²) in [6.07, 6.45) is 6.65. The molecule has 1 N–H and O–H groups in total. The van der Waals surface area contributed by atoms with Crippen LogP contribution in [0.4, 0.5) is 0 Å². The molecule has 4 heteroatoms. The molecule has 2 aliphatic carbocycles. The number of carbonyl (C=O) groups excluding carboxylic acids is 2. The monoisotopic (exact) mass is 237 g/mol. The molecule has 0 aromatic carbocycles. The molecule has 0 aliphatic heterocycles. The van der Waals surface area contributed by atoms with E-state index in [-0.39, 0.29) is 24.3 Å². The van der Waals surface area contributed by atoms with Gasteiger partial charge in [0.05, 0.1) is 6.61 Å². The lowest BCUT2D eigenvalue weighted by Gasteiger charge is -2.29. The molecule has 0 heterocycles. The number of aliphatic hydroxyl groups excluding tert-OH is 1. The SMILES string of the molecule is CN(CCO)C(=O)C1C2C=C[C@H](C2)C1CC=O. The summed E-state index contributed by atoms with van der Waals surface area (Å²) in [6, 6.07) is 0. The van der Waals surface area contributed by atoms with Crippen LogP contribution in [-0.4, -0.2) is 42.4 Å². The maximum absolute atomic E-state index is 12.3. The van der Waals surface area contributed by atoms with Crippen LogP contribution in [-0.2, 0) is 9.59 Å². The highest BCUT2D eigenvalue weighted by Gasteiger charge is 2.48. The maximum Gasteiger partial charge on any atom is 0.226 e. The Hall–Kier alpha value is -1.16. The number of nitrogens with zero attached hydrogens (tertiary/aromatic N) is 1. The van der Waals surface area contributed by atoms with E-state index in [0.29, 0.717) is 24.8 Å². The Morgan fingerprint density at radius 3 is 2.82 bits per heavy atom. The molecule has 1 amide bonds. The van der Waals surface area contributed by atoms with Crippen LogP contribution in [0.5, 0.6) is 0 Å². The van der Waals surface area contributed by atoms with Gasteiger partial charge in [0.1, 0.15) is 6.29 Å². The fourth-order valence-corrected chi connectivity index (χ4v) is 3.24. The number of amides is 1. The first-order valence-corrected chi connectivity index (χ1v) is 6.16. The van der Waals surface area contributed by atoms with E-state index in [1.165, 1.54) is 0 Å². The third kappa shape index (κ3) is 2.14. The summed E-state index contributed by atoms with van der Waals surface area (Å²) in [5, 5.41) is 8.87. The Bertz CT molecular complexity index is 340. The third-order valence-electron chi connectivity index (χ3n) is 4.09. The first-order valence-electron chi connectivity index (χ1n) is 6.16. The van der Waals surface area contributed by atoms with Gasteiger partial charge in [0.25, 0.3) is 0 Å². The van der Waals surface area contributed by atoms with E-state index in [1.807, 2.05) is 0 Å². The zero-order valence-electron chi connectivity index (χ0n) is 10.1. The molecule has 17 heavy (non-hydrogen) atoms. The number of allylic oxidation sites excluding steroid dienone is 2. The summed E-state index contributed by atoms with van der Waals surface area (Å²) in [6.45, 7) is 0.349. The van der Waals surface area contributed by atoms with Crippen molar-refractivity contribution in [2.75, 3.05) is 20.2 Å². The molecule has 94 valence electrons. The molecule has 2 bridgehead atoms. The number of fused-ring (bicyclic) bond motifs is 2. The highest BCUT2D eigenvalue weighted by atomic mass is 16.3. The van der Waals surface area contributed by atoms with E-state index >= 15 is 0 Å². The molecule has 0 aromatic heterocycles. The second kappa shape index (κ2) is 5.00. The number of hydrogen-bond acceptors (Lipinski definition) is 3. The van der Waals surface area contributed by atoms with Gasteiger partial charge in [-0.2, -0.15) is 0 Å². The van der Waals surface area contributed by atoms with Crippen molar-refractivity contribution in [1.29, 1.82) is 0 Å². The van der Waals surface area contributed by atoms with Crippen LogP contribution in [0.25, 0.3) is 0 Å². The first kappa shape index (κ1) is 12.3. The molecule has 1 fully saturated rings. The van der Waals surface area contributed by atoms with Crippen molar-refractivity contribution in [1.82, 2.24) is 4.90 Å². The quantitative estimate of drug-likeness (QED) is 0.558. The molecular weight excluding hydrogens is 218 g/mol. The predicted octanol–water partition coefficient (Wildman–Crippen LogP) is 0.464. The summed E-state index contributed by atoms with van der Waals surface area (Å²) in [7, 11) is 1.71. The number of rotatable bonds is 5. The first-order chi connectivity index (χ1) is 8.19. The zero-order chi connectivity index (χ0) is 12.4. The summed E-state index contributed by atoms with van der Waals surface area (Å²) in [5.74, 6) is 0.853. The highest BCUT2D eigenvalue weighted by Crippen LogP contribution is 2.49. The van der Waals surface area contributed by atoms with E-state index < -0.39 is 0 Å². The standard InChI is InChI=1S/C13H19NO3/c1-14(5-7-16)13(17)12-10-3-2-9(8-10)11(12)4-6-15/h2-3,6,9-12,16H,4-5,7-8H2,1H3/t9-,10?,11?,12?/m1/s1. The zero-order valence-corrected chi connectivity index (χ0v) is 10.1. The van der Waals surface area contributed by atoms with Gasteiger partial charge in [-0.25, -0.2) is 0 Å². The van der Waals surface area contributed by atoms with Crippen LogP contribution in [0.3, 0.4) is 0 Å². The molecule has 4 atom stereocenters. The minimum Gasteiger partial charge on any atom is -0.395 e. The number of hydrogen-bond donors (Lipinski definition) is 1. The Labute approximate surface area is 101 Å². The Morgan fingerprint density at radius 1 is 1.47 bits per heavy atom. The van der Waals surface area contributed by atoms with Crippen molar-refractivity contribution in [2.24, 2.45) is 23.7 Å². The topological polar surface area (TPSA) is 57.6 Å². The summed E-state index contributed by atoms with van der Waals surface area (Å²) < 4.78 is 0. The van der Waals surface area contributed by atoms with Crippen LogP contribution in [0.2, 0.25) is 0 Å². The van der Waals surface area contributed by atoms with Crippen LogP contribution in [0.15, 0.2) is 12.2 Å². The molecule has 0 radical (unpaired) electrons. The van der Waals surface area contributed by atoms with Gasteiger partial charge >= 0.3 is 0 Å². The van der Waals surface area contributed by atoms with Crippen LogP contribution in [0, 0.1) is 23.7 Å². The number of aldehydes is 1. The second-order valence-corrected chi connectivity index (χ2v) is 5.02. The van der Waals surface area contributed by atoms with E-state index in [4.69, 9.17) is 5.11 Å². The van der Waals surface area contributed by atoms with Gasteiger partial charge < -0.3 is 14.8 Å². The molecule has 0 aromatic rings. The molecule has 3 unspecified atom stereocenters. The van der Waals surface area contributed by atoms with Gasteiger partial charge in [-0.05, 0) is 24.2 Å². The third-order valence-corrected chi connectivity index (χ3v) is 4.09. The van der Waals surface area contributed by atoms with Crippen molar-refractivity contribution in [3.05, 3.63) is 12.2 Å². The van der Waals surface area contributed by atoms with E-state index in [1.54, 1.807) is 11.9 Å².